The number of likely N-dealkylation sites (N-methyl/N-ethyl adjacent to an activating group) is 7. The van der Waals surface area contributed by atoms with Crippen LogP contribution in [0.4, 0.5) is 13.2 Å². The molecule has 4 saturated carbocycles. The van der Waals surface area contributed by atoms with E-state index in [-0.39, 0.29) is 88.5 Å². The van der Waals surface area contributed by atoms with Crippen LogP contribution in [0.5, 0.6) is 0 Å². The van der Waals surface area contributed by atoms with Crippen LogP contribution < -0.4 is 21.3 Å². The molecule has 0 aromatic carbocycles. The number of hydrogen-bond acceptors (Lipinski definition) is 14. The Bertz CT molecular complexity index is 3140. The number of fused-ring (bicyclic) bond motifs is 1. The van der Waals surface area contributed by atoms with Gasteiger partial charge in [-0.15, -0.1) is 11.6 Å². The first-order valence-electron chi connectivity index (χ1n) is 41.0. The van der Waals surface area contributed by atoms with E-state index in [0.717, 1.165) is 87.0 Å². The largest absolute Gasteiger partial charge is 0.393 e. The van der Waals surface area contributed by atoms with E-state index < -0.39 is 186 Å². The maximum atomic E-state index is 16.1. The molecule has 26 nitrogen and oxygen atoms in total. The minimum absolute atomic E-state index is 0.0173. The molecular weight excluding hydrogens is 1430 g/mol. The van der Waals surface area contributed by atoms with Gasteiger partial charge in [0.05, 0.1) is 44.7 Å². The summed E-state index contributed by atoms with van der Waals surface area (Å²) in [6, 6.07) is -8.83. The van der Waals surface area contributed by atoms with E-state index in [9.17, 15) is 37.1 Å². The minimum atomic E-state index is -4.53. The fourth-order valence-corrected chi connectivity index (χ4v) is 18.8. The van der Waals surface area contributed by atoms with Crippen molar-refractivity contribution in [3.8, 4) is 0 Å². The molecule has 616 valence electrons. The normalized spacial score (nSPS) is 30.8. The first-order valence-corrected chi connectivity index (χ1v) is 41.4. The molecule has 0 radical (unpaired) electrons. The number of alkyl halides is 4. The molecule has 1 spiro atoms. The zero-order valence-electron chi connectivity index (χ0n) is 67.0. The Morgan fingerprint density at radius 3 is 1.83 bits per heavy atom. The lowest BCUT2D eigenvalue weighted by atomic mass is 9.78. The van der Waals surface area contributed by atoms with Crippen LogP contribution in [0.25, 0.3) is 0 Å². The first-order chi connectivity index (χ1) is 51.6. The summed E-state index contributed by atoms with van der Waals surface area (Å²) in [7, 11) is 10.1. The van der Waals surface area contributed by atoms with Gasteiger partial charge < -0.3 is 70.1 Å². The second-order valence-electron chi connectivity index (χ2n) is 34.0. The van der Waals surface area contributed by atoms with E-state index in [2.05, 4.69) is 21.3 Å². The number of piperidine rings is 2. The van der Waals surface area contributed by atoms with Gasteiger partial charge in [0.1, 0.15) is 47.8 Å². The predicted molar refractivity (Wildman–Crippen MR) is 405 cm³/mol. The molecule has 4 aliphatic carbocycles. The van der Waals surface area contributed by atoms with Crippen molar-refractivity contribution in [1.82, 2.24) is 65.4 Å². The van der Waals surface area contributed by atoms with Crippen molar-refractivity contribution in [2.75, 3.05) is 108 Å². The molecule has 0 bridgehead atoms. The van der Waals surface area contributed by atoms with Crippen LogP contribution in [-0.4, -0.2) is 289 Å². The molecule has 8 rings (SSSR count). The van der Waals surface area contributed by atoms with E-state index in [1.807, 2.05) is 20.8 Å². The lowest BCUT2D eigenvalue weighted by Gasteiger charge is -2.43. The molecule has 8 fully saturated rings. The van der Waals surface area contributed by atoms with Gasteiger partial charge in [-0.1, -0.05) is 98.3 Å². The van der Waals surface area contributed by atoms with E-state index >= 15 is 33.6 Å². The number of carbonyl (C=O) groups excluding carboxylic acids is 12. The second-order valence-corrected chi connectivity index (χ2v) is 34.5. The SMILES string of the molecule is CC[C@H](C)[C@@H]1NC(=O)[C@H](CC(C)C)N(C)C(=O)C[C@@H](C(=O)N2CCCCC2)N(C)C(=O)[C@H](C2CCCCC2)N(C)C(=O)C2(CCCC2)NC(=O)[C@@H]2C[C@@H](OCC3CCCNC3)CN2C(=O)[C@H](CCC2CCC(C(F)(F)F)C(Cl)C2)NC(=O)CN(C)C(=O)[C@H](CC2CCCCC2)N(C)C(=O)CN(C)C(=O)CN(C)C1=O. The fourth-order valence-electron chi connectivity index (χ4n) is 18.3. The first kappa shape index (κ1) is 88.2. The molecule has 0 aromatic heterocycles. The van der Waals surface area contributed by atoms with Gasteiger partial charge in [0.15, 0.2) is 0 Å². The number of nitrogens with one attached hydrogen (secondary N) is 4. The maximum Gasteiger partial charge on any atom is 0.393 e. The Morgan fingerprint density at radius 1 is 0.606 bits per heavy atom. The summed E-state index contributed by atoms with van der Waals surface area (Å²) in [4.78, 5) is 194. The summed E-state index contributed by atoms with van der Waals surface area (Å²) in [5.74, 6) is -10.7. The number of likely N-dealkylation sites (tertiary alicyclic amines) is 1. The number of hydrogen-bond donors (Lipinski definition) is 4. The third-order valence-corrected chi connectivity index (χ3v) is 25.9. The molecule has 4 heterocycles. The molecule has 12 amide bonds. The van der Waals surface area contributed by atoms with Crippen molar-refractivity contribution >= 4 is 82.5 Å². The molecule has 13 atom stereocenters. The molecule has 4 N–H and O–H groups in total. The number of carbonyl (C=O) groups is 12. The summed E-state index contributed by atoms with van der Waals surface area (Å²) in [6.45, 7) is 8.18. The molecule has 8 aliphatic rings. The van der Waals surface area contributed by atoms with Crippen LogP contribution in [0, 0.1) is 41.4 Å². The molecule has 30 heteroatoms. The molecule has 109 heavy (non-hydrogen) atoms. The van der Waals surface area contributed by atoms with Gasteiger partial charge in [-0.2, -0.15) is 13.2 Å². The van der Waals surface area contributed by atoms with Gasteiger partial charge in [-0.25, -0.2) is 0 Å². The van der Waals surface area contributed by atoms with E-state index in [1.165, 1.54) is 71.7 Å². The molecule has 0 aromatic rings. The van der Waals surface area contributed by atoms with Gasteiger partial charge in [-0.05, 0) is 145 Å². The van der Waals surface area contributed by atoms with Crippen molar-refractivity contribution in [2.45, 2.75) is 279 Å². The Hall–Kier alpha value is -6.36. The third kappa shape index (κ3) is 23.2. The topological polar surface area (TPSA) is 291 Å². The van der Waals surface area contributed by atoms with Crippen molar-refractivity contribution in [1.29, 1.82) is 0 Å². The number of rotatable bonds is 14. The van der Waals surface area contributed by atoms with Crippen molar-refractivity contribution in [3.05, 3.63) is 0 Å². The summed E-state index contributed by atoms with van der Waals surface area (Å²) < 4.78 is 49.2. The Kier molecular flexibility index (Phi) is 32.7. The Morgan fingerprint density at radius 2 is 1.22 bits per heavy atom. The zero-order chi connectivity index (χ0) is 79.8. The smallest absolute Gasteiger partial charge is 0.376 e. The Balaban J connectivity index is 1.20. The number of halogens is 4. The van der Waals surface area contributed by atoms with Crippen LogP contribution >= 0.6 is 11.6 Å². The lowest BCUT2D eigenvalue weighted by molar-refractivity contribution is -0.182. The average molecular weight is 1560 g/mol. The van der Waals surface area contributed by atoms with Crippen LogP contribution in [-0.2, 0) is 62.3 Å². The van der Waals surface area contributed by atoms with Crippen LogP contribution in [0.3, 0.4) is 0 Å². The summed E-state index contributed by atoms with van der Waals surface area (Å²) in [5.41, 5.74) is -1.61. The van der Waals surface area contributed by atoms with E-state index in [1.54, 1.807) is 18.9 Å². The second kappa shape index (κ2) is 40.4. The van der Waals surface area contributed by atoms with Gasteiger partial charge in [0, 0.05) is 87.3 Å². The minimum Gasteiger partial charge on any atom is -0.376 e. The molecule has 4 unspecified atom stereocenters. The average Bonchev–Trinajstić information content (AvgIpc) is 1.70. The van der Waals surface area contributed by atoms with Crippen molar-refractivity contribution in [2.24, 2.45) is 41.4 Å². The number of nitrogens with zero attached hydrogens (tertiary/aromatic N) is 9. The van der Waals surface area contributed by atoms with Crippen LogP contribution in [0.1, 0.15) is 214 Å². The molecule has 4 aliphatic heterocycles. The van der Waals surface area contributed by atoms with Gasteiger partial charge in [0.2, 0.25) is 70.9 Å². The maximum absolute atomic E-state index is 16.1. The predicted octanol–water partition coefficient (Wildman–Crippen LogP) is 6.48. The third-order valence-electron chi connectivity index (χ3n) is 25.4. The van der Waals surface area contributed by atoms with Crippen LogP contribution in [0.15, 0.2) is 0 Å². The van der Waals surface area contributed by atoms with Gasteiger partial charge in [0.25, 0.3) is 0 Å². The highest BCUT2D eigenvalue weighted by Crippen LogP contribution is 2.44. The number of amides is 12. The zero-order valence-corrected chi connectivity index (χ0v) is 67.7. The summed E-state index contributed by atoms with van der Waals surface area (Å²) in [6.07, 6.45) is 8.05. The summed E-state index contributed by atoms with van der Waals surface area (Å²) in [5, 5.41) is 11.1. The highest BCUT2D eigenvalue weighted by atomic mass is 35.5. The van der Waals surface area contributed by atoms with E-state index in [4.69, 9.17) is 16.3 Å². The lowest BCUT2D eigenvalue weighted by Crippen LogP contribution is -2.65. The highest BCUT2D eigenvalue weighted by molar-refractivity contribution is 6.21. The Labute approximate surface area is 649 Å². The highest BCUT2D eigenvalue weighted by Gasteiger charge is 2.53. The molecular formula is C79H129ClF3N13O13. The van der Waals surface area contributed by atoms with Gasteiger partial charge in [-0.3, -0.25) is 57.5 Å². The quantitative estimate of drug-likeness (QED) is 0.136. The number of ether oxygens (including phenoxy) is 1. The fraction of sp³-hybridized carbons (Fsp3) is 0.848. The van der Waals surface area contributed by atoms with Crippen molar-refractivity contribution in [3.63, 3.8) is 0 Å². The van der Waals surface area contributed by atoms with Crippen molar-refractivity contribution < 1.29 is 75.4 Å². The molecule has 4 saturated heterocycles. The van der Waals surface area contributed by atoms with E-state index in [0.29, 0.717) is 71.2 Å². The van der Waals surface area contributed by atoms with Crippen LogP contribution in [0.2, 0.25) is 0 Å². The standard InChI is InChI=1S/C79H129ClF3N13O13/c1-12-51(4)68-75(106)90(7)47-66(99)88(5)48-67(100)92(9)62(41-52-25-16-13-17-26-52)73(104)89(6)46-64(97)85-59(33-31-53-30-32-57(58(80)40-53)79(81,82)83)72(103)96-45-56(109-49-54-27-24-36-84-44-54)42-61(96)71(102)87-78(34-20-21-35-78)77(108)94(11)69(55-28-18-14-19-29-55)76(107)93(10)63(74(105)95-37-22-15-23-38-95)43-65(98)91(8)60(39-50(2)3)70(101)86-68/h50-63,68-69,84H,12-49H2,1-11H3,(H,85,97)(H,86,101)(H,87,102)/t51-,53?,54?,56+,57?,58?,59-,60-,61-,62-,63-,68-,69-/m0/s1. The monoisotopic (exact) mass is 1560 g/mol. The van der Waals surface area contributed by atoms with Gasteiger partial charge >= 0.3 is 6.18 Å². The summed E-state index contributed by atoms with van der Waals surface area (Å²) >= 11 is 6.50.